The number of halogens is 2. The predicted molar refractivity (Wildman–Crippen MR) is 70.2 cm³/mol. The summed E-state index contributed by atoms with van der Waals surface area (Å²) in [6.07, 6.45) is -0.699. The van der Waals surface area contributed by atoms with Crippen LogP contribution in [0.15, 0.2) is 18.2 Å². The quantitative estimate of drug-likeness (QED) is 0.836. The van der Waals surface area contributed by atoms with Gasteiger partial charge >= 0.3 is 0 Å². The third kappa shape index (κ3) is 6.50. The molecule has 0 aliphatic rings. The van der Waals surface area contributed by atoms with Gasteiger partial charge in [0, 0.05) is 19.2 Å². The topological polar surface area (TPSA) is 41.5 Å². The van der Waals surface area contributed by atoms with Crippen molar-refractivity contribution in [2.75, 3.05) is 19.7 Å². The van der Waals surface area contributed by atoms with Crippen LogP contribution in [0.25, 0.3) is 0 Å². The molecule has 0 aromatic heterocycles. The third-order valence-corrected chi connectivity index (χ3v) is 2.37. The molecule has 1 rings (SSSR count). The third-order valence-electron chi connectivity index (χ3n) is 2.37. The molecule has 0 spiro atoms. The van der Waals surface area contributed by atoms with Crippen LogP contribution < -0.4 is 10.1 Å². The zero-order valence-corrected chi connectivity index (χ0v) is 11.5. The van der Waals surface area contributed by atoms with Gasteiger partial charge in [0.15, 0.2) is 11.6 Å². The van der Waals surface area contributed by atoms with Gasteiger partial charge < -0.3 is 15.2 Å². The van der Waals surface area contributed by atoms with Crippen LogP contribution in [-0.2, 0) is 0 Å². The Bertz CT molecular complexity index is 405. The molecule has 0 saturated heterocycles. The highest BCUT2D eigenvalue weighted by Gasteiger charge is 2.11. The number of aliphatic hydroxyl groups is 1. The maximum absolute atomic E-state index is 12.9. The van der Waals surface area contributed by atoms with Gasteiger partial charge in [-0.1, -0.05) is 20.8 Å². The summed E-state index contributed by atoms with van der Waals surface area (Å²) in [6.45, 7) is 7.46. The number of rotatable bonds is 6. The molecule has 5 heteroatoms. The molecular weight excluding hydrogens is 252 g/mol. The highest BCUT2D eigenvalue weighted by atomic mass is 19.2. The lowest BCUT2D eigenvalue weighted by Crippen LogP contribution is -2.36. The molecule has 0 radical (unpaired) electrons. The number of benzene rings is 1. The van der Waals surface area contributed by atoms with Gasteiger partial charge in [0.25, 0.3) is 0 Å². The largest absolute Gasteiger partial charge is 0.491 e. The average Bonchev–Trinajstić information content (AvgIpc) is 2.29. The predicted octanol–water partition coefficient (Wildman–Crippen LogP) is 2.34. The highest BCUT2D eigenvalue weighted by molar-refractivity contribution is 5.23. The molecule has 108 valence electrons. The van der Waals surface area contributed by atoms with Gasteiger partial charge in [0.2, 0.25) is 0 Å². The molecule has 0 saturated carbocycles. The number of ether oxygens (including phenoxy) is 1. The molecule has 0 amide bonds. The molecule has 2 N–H and O–H groups in total. The Morgan fingerprint density at radius 1 is 1.26 bits per heavy atom. The van der Waals surface area contributed by atoms with E-state index >= 15 is 0 Å². The summed E-state index contributed by atoms with van der Waals surface area (Å²) < 4.78 is 30.8. The summed E-state index contributed by atoms with van der Waals surface area (Å²) >= 11 is 0. The summed E-state index contributed by atoms with van der Waals surface area (Å²) in [4.78, 5) is 0. The van der Waals surface area contributed by atoms with Crippen molar-refractivity contribution >= 4 is 0 Å². The smallest absolute Gasteiger partial charge is 0.162 e. The maximum Gasteiger partial charge on any atom is 0.162 e. The van der Waals surface area contributed by atoms with E-state index in [9.17, 15) is 13.9 Å². The van der Waals surface area contributed by atoms with E-state index in [-0.39, 0.29) is 17.8 Å². The van der Waals surface area contributed by atoms with E-state index < -0.39 is 17.7 Å². The van der Waals surface area contributed by atoms with Crippen molar-refractivity contribution in [3.8, 4) is 5.75 Å². The average molecular weight is 273 g/mol. The maximum atomic E-state index is 12.9. The van der Waals surface area contributed by atoms with Crippen molar-refractivity contribution in [2.45, 2.75) is 26.9 Å². The second-order valence-electron chi connectivity index (χ2n) is 5.73. The van der Waals surface area contributed by atoms with Crippen molar-refractivity contribution in [2.24, 2.45) is 5.41 Å². The van der Waals surface area contributed by atoms with Gasteiger partial charge in [-0.05, 0) is 17.5 Å². The van der Waals surface area contributed by atoms with Crippen molar-refractivity contribution in [3.05, 3.63) is 29.8 Å². The first kappa shape index (κ1) is 15.9. The van der Waals surface area contributed by atoms with Crippen LogP contribution >= 0.6 is 0 Å². The van der Waals surface area contributed by atoms with Crippen molar-refractivity contribution in [3.63, 3.8) is 0 Å². The minimum Gasteiger partial charge on any atom is -0.491 e. The fourth-order valence-corrected chi connectivity index (χ4v) is 1.43. The lowest BCUT2D eigenvalue weighted by atomic mass is 9.97. The summed E-state index contributed by atoms with van der Waals surface area (Å²) in [7, 11) is 0. The molecular formula is C14H21F2NO2. The normalized spacial score (nSPS) is 13.4. The van der Waals surface area contributed by atoms with E-state index in [4.69, 9.17) is 4.74 Å². The molecule has 1 unspecified atom stereocenters. The van der Waals surface area contributed by atoms with Crippen molar-refractivity contribution in [1.29, 1.82) is 0 Å². The molecule has 1 atom stereocenters. The fourth-order valence-electron chi connectivity index (χ4n) is 1.43. The Balaban J connectivity index is 2.29. The minimum absolute atomic E-state index is 0.0300. The van der Waals surface area contributed by atoms with Gasteiger partial charge in [-0.3, -0.25) is 0 Å². The number of nitrogens with one attached hydrogen (secondary N) is 1. The second kappa shape index (κ2) is 6.82. The van der Waals surface area contributed by atoms with Crippen LogP contribution in [0.1, 0.15) is 20.8 Å². The first-order valence-electron chi connectivity index (χ1n) is 6.24. The van der Waals surface area contributed by atoms with Gasteiger partial charge in [0.1, 0.15) is 18.5 Å². The van der Waals surface area contributed by atoms with Crippen LogP contribution in [0.5, 0.6) is 5.75 Å². The van der Waals surface area contributed by atoms with E-state index in [0.717, 1.165) is 18.7 Å². The molecule has 0 bridgehead atoms. The summed E-state index contributed by atoms with van der Waals surface area (Å²) in [5, 5.41) is 12.8. The van der Waals surface area contributed by atoms with Gasteiger partial charge in [-0.25, -0.2) is 8.78 Å². The SMILES string of the molecule is CC(C)(C)CNCC(O)COc1ccc(F)c(F)c1. The zero-order chi connectivity index (χ0) is 14.5. The molecule has 0 aliphatic heterocycles. The first-order chi connectivity index (χ1) is 8.78. The van der Waals surface area contributed by atoms with E-state index in [1.807, 2.05) is 0 Å². The molecule has 19 heavy (non-hydrogen) atoms. The summed E-state index contributed by atoms with van der Waals surface area (Å²) in [6, 6.07) is 3.28. The Morgan fingerprint density at radius 3 is 2.53 bits per heavy atom. The van der Waals surface area contributed by atoms with E-state index in [2.05, 4.69) is 26.1 Å². The molecule has 0 aliphatic carbocycles. The Morgan fingerprint density at radius 2 is 1.95 bits per heavy atom. The van der Waals surface area contributed by atoms with E-state index in [1.165, 1.54) is 6.07 Å². The fraction of sp³-hybridized carbons (Fsp3) is 0.571. The molecule has 1 aromatic carbocycles. The zero-order valence-electron chi connectivity index (χ0n) is 11.5. The van der Waals surface area contributed by atoms with Crippen LogP contribution in [0.2, 0.25) is 0 Å². The molecule has 0 fully saturated rings. The van der Waals surface area contributed by atoms with Gasteiger partial charge in [0.05, 0.1) is 0 Å². The Hall–Kier alpha value is -1.20. The Kier molecular flexibility index (Phi) is 5.69. The monoisotopic (exact) mass is 273 g/mol. The lowest BCUT2D eigenvalue weighted by molar-refractivity contribution is 0.104. The van der Waals surface area contributed by atoms with Gasteiger partial charge in [-0.15, -0.1) is 0 Å². The summed E-state index contributed by atoms with van der Waals surface area (Å²) in [5.41, 5.74) is 0.140. The second-order valence-corrected chi connectivity index (χ2v) is 5.73. The first-order valence-corrected chi connectivity index (χ1v) is 6.24. The standard InChI is InChI=1S/C14H21F2NO2/c1-14(2,3)9-17-7-10(18)8-19-11-4-5-12(15)13(16)6-11/h4-6,10,17-18H,7-9H2,1-3H3. The van der Waals surface area contributed by atoms with Gasteiger partial charge in [-0.2, -0.15) is 0 Å². The molecule has 0 heterocycles. The molecule has 1 aromatic rings. The number of aliphatic hydroxyl groups excluding tert-OH is 1. The highest BCUT2D eigenvalue weighted by Crippen LogP contribution is 2.15. The van der Waals surface area contributed by atoms with E-state index in [1.54, 1.807) is 0 Å². The number of hydrogen-bond acceptors (Lipinski definition) is 3. The Labute approximate surface area is 112 Å². The van der Waals surface area contributed by atoms with Crippen LogP contribution in [0.4, 0.5) is 8.78 Å². The molecule has 3 nitrogen and oxygen atoms in total. The van der Waals surface area contributed by atoms with Crippen LogP contribution in [0.3, 0.4) is 0 Å². The summed E-state index contributed by atoms with van der Waals surface area (Å²) in [5.74, 6) is -1.67. The van der Waals surface area contributed by atoms with Crippen LogP contribution in [-0.4, -0.2) is 30.9 Å². The lowest BCUT2D eigenvalue weighted by Gasteiger charge is -2.20. The van der Waals surface area contributed by atoms with Crippen molar-refractivity contribution < 1.29 is 18.6 Å². The van der Waals surface area contributed by atoms with E-state index in [0.29, 0.717) is 6.54 Å². The van der Waals surface area contributed by atoms with Crippen molar-refractivity contribution in [1.82, 2.24) is 5.32 Å². The van der Waals surface area contributed by atoms with Crippen LogP contribution in [0, 0.1) is 17.0 Å². The minimum atomic E-state index is -0.960. The number of hydrogen-bond donors (Lipinski definition) is 2.